The second-order valence-corrected chi connectivity index (χ2v) is 10.7. The van der Waals surface area contributed by atoms with Gasteiger partial charge in [0.15, 0.2) is 17.8 Å². The number of esters is 1. The van der Waals surface area contributed by atoms with Crippen LogP contribution in [0.15, 0.2) is 66.7 Å². The van der Waals surface area contributed by atoms with Crippen LogP contribution < -0.4 is 25.8 Å². The maximum absolute atomic E-state index is 13.6. The molecule has 12 nitrogen and oxygen atoms in total. The highest BCUT2D eigenvalue weighted by atomic mass is 32.1. The molecule has 3 aromatic rings. The van der Waals surface area contributed by atoms with E-state index in [1.807, 2.05) is 25.1 Å². The first kappa shape index (κ1) is 33.3. The maximum Gasteiger partial charge on any atom is 0.323 e. The second kappa shape index (κ2) is 15.4. The van der Waals surface area contributed by atoms with E-state index in [1.54, 1.807) is 55.5 Å². The Morgan fingerprint density at radius 3 is 2.42 bits per heavy atom. The molecular weight excluding hydrogens is 600 g/mol. The fraction of sp³-hybridized carbons (Fsp3) is 0.312. The molecule has 2 unspecified atom stereocenters. The number of ether oxygens (including phenoxy) is 3. The summed E-state index contributed by atoms with van der Waals surface area (Å²) < 4.78 is 16.0. The number of hydrogen-bond donors (Lipinski definition) is 5. The number of nitrogens with zero attached hydrogens (tertiary/aromatic N) is 1. The summed E-state index contributed by atoms with van der Waals surface area (Å²) in [5.41, 5.74) is 8.99. The molecule has 0 fully saturated rings. The largest absolute Gasteiger partial charge is 0.454 e. The Bertz CT molecular complexity index is 1530. The lowest BCUT2D eigenvalue weighted by Gasteiger charge is -2.28. The van der Waals surface area contributed by atoms with Crippen LogP contribution in [0.2, 0.25) is 0 Å². The number of imide groups is 1. The minimum atomic E-state index is -1.38. The Balaban J connectivity index is 1.52. The van der Waals surface area contributed by atoms with Gasteiger partial charge in [-0.05, 0) is 53.9 Å². The van der Waals surface area contributed by atoms with Crippen LogP contribution in [0.3, 0.4) is 0 Å². The van der Waals surface area contributed by atoms with Crippen LogP contribution in [0.4, 0.5) is 16.2 Å². The van der Waals surface area contributed by atoms with Crippen molar-refractivity contribution in [1.82, 2.24) is 4.90 Å². The molecule has 0 aromatic heterocycles. The van der Waals surface area contributed by atoms with Gasteiger partial charge >= 0.3 is 12.0 Å². The molecule has 1 aliphatic heterocycles. The lowest BCUT2D eigenvalue weighted by Crippen LogP contribution is -2.50. The Morgan fingerprint density at radius 1 is 1.02 bits per heavy atom. The zero-order chi connectivity index (χ0) is 32.5. The van der Waals surface area contributed by atoms with Gasteiger partial charge in [0.05, 0.1) is 12.5 Å². The van der Waals surface area contributed by atoms with E-state index in [9.17, 15) is 24.3 Å². The maximum atomic E-state index is 13.6. The zero-order valence-electron chi connectivity index (χ0n) is 24.9. The van der Waals surface area contributed by atoms with Gasteiger partial charge in [0.2, 0.25) is 18.6 Å². The standard InChI is InChI=1S/C32H36N4O8S/c1-3-29(38)44-31(40)23(21-10-13-26-27(15-21)43-18-42-26)16-36(30(39)24(33)17-45)28(37)14-20-8-11-22(12-9-20)34-32(41)35-25-7-5-4-6-19(25)2/h4-13,15,23-24,29,38,45H,3,14,16-18,33H2,1-2H3,(H2,34,35,41)/t23?,24-,29?/m0/s1. The lowest BCUT2D eigenvalue weighted by molar-refractivity contribution is -0.170. The van der Waals surface area contributed by atoms with E-state index in [4.69, 9.17) is 19.9 Å². The molecule has 0 spiro atoms. The first-order valence-electron chi connectivity index (χ1n) is 14.3. The minimum absolute atomic E-state index is 0.00796. The Labute approximate surface area is 266 Å². The summed E-state index contributed by atoms with van der Waals surface area (Å²) in [6.07, 6.45) is -1.44. The molecule has 13 heteroatoms. The number of carbonyl (C=O) groups excluding carboxylic acids is 4. The van der Waals surface area contributed by atoms with Crippen molar-refractivity contribution in [2.45, 2.75) is 44.9 Å². The molecular formula is C32H36N4O8S. The number of amides is 4. The number of fused-ring (bicyclic) bond motifs is 1. The highest BCUT2D eigenvalue weighted by Gasteiger charge is 2.34. The van der Waals surface area contributed by atoms with E-state index in [-0.39, 0.29) is 25.4 Å². The molecule has 0 saturated heterocycles. The van der Waals surface area contributed by atoms with Crippen LogP contribution in [0, 0.1) is 6.92 Å². The van der Waals surface area contributed by atoms with Crippen molar-refractivity contribution in [3.8, 4) is 11.5 Å². The highest BCUT2D eigenvalue weighted by Crippen LogP contribution is 2.35. The van der Waals surface area contributed by atoms with E-state index in [1.165, 1.54) is 0 Å². The molecule has 0 bridgehead atoms. The second-order valence-electron chi connectivity index (χ2n) is 10.4. The van der Waals surface area contributed by atoms with Gasteiger partial charge in [-0.25, -0.2) is 4.79 Å². The molecule has 45 heavy (non-hydrogen) atoms. The van der Waals surface area contributed by atoms with Gasteiger partial charge in [0.1, 0.15) is 5.92 Å². The molecule has 0 radical (unpaired) electrons. The number of para-hydroxylation sites is 1. The Morgan fingerprint density at radius 2 is 1.73 bits per heavy atom. The fourth-order valence-corrected chi connectivity index (χ4v) is 4.65. The Kier molecular flexibility index (Phi) is 11.4. The van der Waals surface area contributed by atoms with Gasteiger partial charge in [-0.3, -0.25) is 19.3 Å². The summed E-state index contributed by atoms with van der Waals surface area (Å²) >= 11 is 4.12. The van der Waals surface area contributed by atoms with Crippen LogP contribution in [-0.4, -0.2) is 65.2 Å². The molecule has 0 saturated carbocycles. The van der Waals surface area contributed by atoms with Crippen molar-refractivity contribution in [1.29, 1.82) is 0 Å². The van der Waals surface area contributed by atoms with Gasteiger partial charge in [-0.2, -0.15) is 12.6 Å². The van der Waals surface area contributed by atoms with Crippen LogP contribution >= 0.6 is 12.6 Å². The molecule has 4 amide bonds. The van der Waals surface area contributed by atoms with Gasteiger partial charge in [0.25, 0.3) is 0 Å². The van der Waals surface area contributed by atoms with Crippen molar-refractivity contribution in [3.05, 3.63) is 83.4 Å². The highest BCUT2D eigenvalue weighted by molar-refractivity contribution is 7.80. The van der Waals surface area contributed by atoms with Crippen LogP contribution in [0.1, 0.15) is 36.0 Å². The number of aliphatic hydroxyl groups is 1. The van der Waals surface area contributed by atoms with Crippen LogP contribution in [0.25, 0.3) is 0 Å². The van der Waals surface area contributed by atoms with E-state index in [0.29, 0.717) is 34.0 Å². The summed E-state index contributed by atoms with van der Waals surface area (Å²) in [6.45, 7) is 3.12. The monoisotopic (exact) mass is 636 g/mol. The smallest absolute Gasteiger partial charge is 0.323 e. The Hall–Kier alpha value is -4.59. The average Bonchev–Trinajstić information content (AvgIpc) is 3.51. The number of aryl methyl sites for hydroxylation is 1. The fourth-order valence-electron chi connectivity index (χ4n) is 4.49. The summed E-state index contributed by atoms with van der Waals surface area (Å²) in [5, 5.41) is 15.5. The summed E-state index contributed by atoms with van der Waals surface area (Å²) in [5.74, 6) is -2.53. The topological polar surface area (TPSA) is 170 Å². The molecule has 238 valence electrons. The van der Waals surface area contributed by atoms with E-state index in [0.717, 1.165) is 10.5 Å². The number of carbonyl (C=O) groups is 4. The van der Waals surface area contributed by atoms with Gasteiger partial charge in [0, 0.05) is 30.1 Å². The van der Waals surface area contributed by atoms with Gasteiger partial charge in [-0.15, -0.1) is 0 Å². The van der Waals surface area contributed by atoms with Gasteiger partial charge in [-0.1, -0.05) is 43.3 Å². The number of anilines is 2. The summed E-state index contributed by atoms with van der Waals surface area (Å²) in [6, 6.07) is 17.1. The number of nitrogens with two attached hydrogens (primary N) is 1. The van der Waals surface area contributed by atoms with Crippen molar-refractivity contribution in [2.24, 2.45) is 5.73 Å². The summed E-state index contributed by atoms with van der Waals surface area (Å²) in [4.78, 5) is 53.6. The number of rotatable bonds is 12. The van der Waals surface area contributed by atoms with Crippen molar-refractivity contribution in [3.63, 3.8) is 0 Å². The number of thiol groups is 1. The first-order valence-corrected chi connectivity index (χ1v) is 14.9. The third kappa shape index (κ3) is 8.75. The third-order valence-corrected chi connectivity index (χ3v) is 7.48. The number of nitrogens with one attached hydrogen (secondary N) is 2. The quantitative estimate of drug-likeness (QED) is 0.113. The van der Waals surface area contributed by atoms with E-state index < -0.39 is 48.6 Å². The predicted molar refractivity (Wildman–Crippen MR) is 170 cm³/mol. The molecule has 3 aromatic carbocycles. The third-order valence-electron chi connectivity index (χ3n) is 7.09. The zero-order valence-corrected chi connectivity index (χ0v) is 25.8. The number of urea groups is 1. The van der Waals surface area contributed by atoms with Gasteiger partial charge < -0.3 is 35.7 Å². The van der Waals surface area contributed by atoms with Crippen molar-refractivity contribution in [2.75, 3.05) is 29.7 Å². The SMILES string of the molecule is CCC(O)OC(=O)C(CN(C(=O)Cc1ccc(NC(=O)Nc2ccccc2C)cc1)C(=O)[C@@H](N)CS)c1ccc2c(c1)OCO2. The van der Waals surface area contributed by atoms with E-state index >= 15 is 0 Å². The first-order chi connectivity index (χ1) is 21.6. The molecule has 4 rings (SSSR count). The number of aliphatic hydroxyl groups excluding tert-OH is 1. The normalized spacial score (nSPS) is 13.7. The molecule has 5 N–H and O–H groups in total. The molecule has 1 aliphatic rings. The summed E-state index contributed by atoms with van der Waals surface area (Å²) in [7, 11) is 0. The molecule has 0 aliphatic carbocycles. The van der Waals surface area contributed by atoms with Crippen molar-refractivity contribution < 1.29 is 38.5 Å². The minimum Gasteiger partial charge on any atom is -0.454 e. The molecule has 3 atom stereocenters. The average molecular weight is 637 g/mol. The van der Waals surface area contributed by atoms with Crippen LogP contribution in [0.5, 0.6) is 11.5 Å². The number of benzene rings is 3. The number of hydrogen-bond acceptors (Lipinski definition) is 10. The van der Waals surface area contributed by atoms with Crippen molar-refractivity contribution >= 4 is 47.8 Å². The predicted octanol–water partition coefficient (Wildman–Crippen LogP) is 3.58. The lowest BCUT2D eigenvalue weighted by atomic mass is 9.97. The molecule has 1 heterocycles. The van der Waals surface area contributed by atoms with E-state index in [2.05, 4.69) is 23.3 Å². The van der Waals surface area contributed by atoms with Crippen LogP contribution in [-0.2, 0) is 25.5 Å².